The van der Waals surface area contributed by atoms with Crippen molar-refractivity contribution in [1.29, 1.82) is 0 Å². The van der Waals surface area contributed by atoms with Crippen LogP contribution in [0, 0.1) is 5.92 Å². The maximum atomic E-state index is 13.7. The summed E-state index contributed by atoms with van der Waals surface area (Å²) in [5.41, 5.74) is 1.09. The van der Waals surface area contributed by atoms with Gasteiger partial charge in [-0.15, -0.1) is 0 Å². The van der Waals surface area contributed by atoms with Crippen LogP contribution in [0.25, 0.3) is 10.9 Å². The molecule has 2 saturated carbocycles. The Bertz CT molecular complexity index is 1220. The summed E-state index contributed by atoms with van der Waals surface area (Å²) in [7, 11) is 0. The standard InChI is InChI=1S/C26H25ClF3NO3/c27-23-13-20(12-17-7-8-31(24(17)23)19-10-18(11-19)25(32)33)34-14-15-5-6-21(16-3-1-2-4-16)22(9-15)26(28,29)30/h5-9,12-13,16,18-19H,1-4,10-11,14H2,(H,32,33). The molecule has 0 amide bonds. The van der Waals surface area contributed by atoms with Crippen LogP contribution in [0.4, 0.5) is 13.2 Å². The SMILES string of the molecule is O=C(O)C1CC(n2ccc3cc(OCc4ccc(C5CCCC5)c(C(F)(F)F)c4)cc(Cl)c32)C1. The molecule has 8 heteroatoms. The molecule has 0 atom stereocenters. The van der Waals surface area contributed by atoms with Gasteiger partial charge in [0, 0.05) is 23.7 Å². The summed E-state index contributed by atoms with van der Waals surface area (Å²) in [6, 6.07) is 9.97. The number of fused-ring (bicyclic) bond motifs is 1. The Kier molecular flexibility index (Phi) is 6.00. The van der Waals surface area contributed by atoms with E-state index in [1.807, 2.05) is 22.9 Å². The smallest absolute Gasteiger partial charge is 0.416 e. The van der Waals surface area contributed by atoms with E-state index in [1.54, 1.807) is 18.2 Å². The lowest BCUT2D eigenvalue weighted by Crippen LogP contribution is -2.31. The number of benzene rings is 2. The molecule has 180 valence electrons. The Morgan fingerprint density at radius 3 is 2.53 bits per heavy atom. The lowest BCUT2D eigenvalue weighted by Gasteiger charge is -2.34. The zero-order valence-corrected chi connectivity index (χ0v) is 19.2. The minimum Gasteiger partial charge on any atom is -0.489 e. The van der Waals surface area contributed by atoms with E-state index in [9.17, 15) is 18.0 Å². The molecule has 5 rings (SSSR count). The van der Waals surface area contributed by atoms with E-state index in [0.717, 1.165) is 36.6 Å². The zero-order valence-electron chi connectivity index (χ0n) is 18.4. The first-order valence-corrected chi connectivity index (χ1v) is 11.9. The summed E-state index contributed by atoms with van der Waals surface area (Å²) in [6.45, 7) is -0.000509. The van der Waals surface area contributed by atoms with E-state index in [2.05, 4.69) is 0 Å². The molecule has 0 radical (unpaired) electrons. The summed E-state index contributed by atoms with van der Waals surface area (Å²) in [6.07, 6.45) is 2.15. The lowest BCUT2D eigenvalue weighted by atomic mass is 9.80. The number of carbonyl (C=O) groups is 1. The van der Waals surface area contributed by atoms with E-state index >= 15 is 0 Å². The van der Waals surface area contributed by atoms with Crippen molar-refractivity contribution >= 4 is 28.5 Å². The monoisotopic (exact) mass is 491 g/mol. The van der Waals surface area contributed by atoms with Crippen LogP contribution in [0.15, 0.2) is 42.6 Å². The fourth-order valence-electron chi connectivity index (χ4n) is 5.33. The normalized spacial score (nSPS) is 21.1. The van der Waals surface area contributed by atoms with Crippen molar-refractivity contribution in [1.82, 2.24) is 4.57 Å². The number of ether oxygens (including phenoxy) is 1. The number of aromatic nitrogens is 1. The van der Waals surface area contributed by atoms with Crippen LogP contribution in [-0.4, -0.2) is 15.6 Å². The first kappa shape index (κ1) is 23.1. The molecular weight excluding hydrogens is 467 g/mol. The molecule has 1 heterocycles. The summed E-state index contributed by atoms with van der Waals surface area (Å²) in [5.74, 6) is -0.663. The predicted molar refractivity (Wildman–Crippen MR) is 123 cm³/mol. The third-order valence-corrected chi connectivity index (χ3v) is 7.51. The predicted octanol–water partition coefficient (Wildman–Crippen LogP) is 7.59. The maximum absolute atomic E-state index is 13.7. The molecule has 34 heavy (non-hydrogen) atoms. The number of halogens is 4. The van der Waals surface area contributed by atoms with Gasteiger partial charge in [0.25, 0.3) is 0 Å². The molecule has 1 N–H and O–H groups in total. The highest BCUT2D eigenvalue weighted by Crippen LogP contribution is 2.43. The number of rotatable bonds is 6. The summed E-state index contributed by atoms with van der Waals surface area (Å²) < 4.78 is 49.1. The van der Waals surface area contributed by atoms with Crippen molar-refractivity contribution < 1.29 is 27.8 Å². The van der Waals surface area contributed by atoms with Crippen LogP contribution in [0.2, 0.25) is 5.02 Å². The number of hydrogen-bond donors (Lipinski definition) is 1. The van der Waals surface area contributed by atoms with Gasteiger partial charge in [0.1, 0.15) is 12.4 Å². The van der Waals surface area contributed by atoms with Crippen LogP contribution in [0.1, 0.15) is 67.2 Å². The average Bonchev–Trinajstić information content (AvgIpc) is 3.41. The van der Waals surface area contributed by atoms with Crippen LogP contribution < -0.4 is 4.74 Å². The van der Waals surface area contributed by atoms with Crippen molar-refractivity contribution in [3.8, 4) is 5.75 Å². The highest BCUT2D eigenvalue weighted by Gasteiger charge is 2.37. The fraction of sp³-hybridized carbons (Fsp3) is 0.423. The molecule has 2 aliphatic carbocycles. The molecule has 3 aromatic rings. The van der Waals surface area contributed by atoms with Gasteiger partial charge in [-0.2, -0.15) is 13.2 Å². The van der Waals surface area contributed by atoms with Crippen LogP contribution in [0.3, 0.4) is 0 Å². The Morgan fingerprint density at radius 2 is 1.85 bits per heavy atom. The third-order valence-electron chi connectivity index (χ3n) is 7.22. The summed E-state index contributed by atoms with van der Waals surface area (Å²) in [4.78, 5) is 11.1. The van der Waals surface area contributed by atoms with E-state index in [1.165, 1.54) is 6.07 Å². The zero-order chi connectivity index (χ0) is 24.0. The molecule has 0 spiro atoms. The number of aliphatic carboxylic acids is 1. The number of nitrogens with zero attached hydrogens (tertiary/aromatic N) is 1. The Morgan fingerprint density at radius 1 is 1.12 bits per heavy atom. The van der Waals surface area contributed by atoms with Crippen molar-refractivity contribution in [3.63, 3.8) is 0 Å². The van der Waals surface area contributed by atoms with Gasteiger partial charge >= 0.3 is 12.1 Å². The molecular formula is C26H25ClF3NO3. The Balaban J connectivity index is 1.34. The first-order chi connectivity index (χ1) is 16.2. The molecule has 1 aromatic heterocycles. The quantitative estimate of drug-likeness (QED) is 0.386. The topological polar surface area (TPSA) is 51.5 Å². The van der Waals surface area contributed by atoms with Crippen molar-refractivity contribution in [3.05, 3.63) is 64.3 Å². The van der Waals surface area contributed by atoms with Gasteiger partial charge in [-0.05, 0) is 60.9 Å². The Hall–Kier alpha value is -2.67. The highest BCUT2D eigenvalue weighted by atomic mass is 35.5. The first-order valence-electron chi connectivity index (χ1n) is 11.6. The third kappa shape index (κ3) is 4.38. The molecule has 2 aliphatic rings. The average molecular weight is 492 g/mol. The second kappa shape index (κ2) is 8.84. The largest absolute Gasteiger partial charge is 0.489 e. The van der Waals surface area contributed by atoms with Gasteiger partial charge in [0.2, 0.25) is 0 Å². The van der Waals surface area contributed by atoms with Gasteiger partial charge in [-0.25, -0.2) is 0 Å². The maximum Gasteiger partial charge on any atom is 0.416 e. The summed E-state index contributed by atoms with van der Waals surface area (Å²) in [5, 5.41) is 10.4. The number of hydrogen-bond acceptors (Lipinski definition) is 2. The second-order valence-corrected chi connectivity index (χ2v) is 9.82. The van der Waals surface area contributed by atoms with Crippen molar-refractivity contribution in [2.75, 3.05) is 0 Å². The molecule has 2 fully saturated rings. The van der Waals surface area contributed by atoms with Crippen LogP contribution >= 0.6 is 11.6 Å². The molecule has 4 nitrogen and oxygen atoms in total. The van der Waals surface area contributed by atoms with E-state index in [4.69, 9.17) is 21.4 Å². The van der Waals surface area contributed by atoms with Gasteiger partial charge in [0.05, 0.1) is 22.0 Å². The van der Waals surface area contributed by atoms with Crippen molar-refractivity contribution in [2.24, 2.45) is 5.92 Å². The Labute approximate surface area is 200 Å². The van der Waals surface area contributed by atoms with Crippen molar-refractivity contribution in [2.45, 2.75) is 63.3 Å². The number of carboxylic acid groups (broad SMARTS) is 1. The van der Waals surface area contributed by atoms with Gasteiger partial charge < -0.3 is 14.4 Å². The highest BCUT2D eigenvalue weighted by molar-refractivity contribution is 6.35. The minimum absolute atomic E-state index is 0.000509. The van der Waals surface area contributed by atoms with Gasteiger partial charge in [0.15, 0.2) is 0 Å². The number of alkyl halides is 3. The van der Waals surface area contributed by atoms with Crippen LogP contribution in [0.5, 0.6) is 5.75 Å². The summed E-state index contributed by atoms with van der Waals surface area (Å²) >= 11 is 6.53. The van der Waals surface area contributed by atoms with Gasteiger partial charge in [-0.1, -0.05) is 36.6 Å². The number of carboxylic acids is 1. The van der Waals surface area contributed by atoms with E-state index in [-0.39, 0.29) is 24.5 Å². The molecule has 0 unspecified atom stereocenters. The fourth-order valence-corrected chi connectivity index (χ4v) is 5.65. The molecule has 0 saturated heterocycles. The van der Waals surface area contributed by atoms with Crippen LogP contribution in [-0.2, 0) is 17.6 Å². The molecule has 0 aliphatic heterocycles. The lowest BCUT2D eigenvalue weighted by molar-refractivity contribution is -0.146. The van der Waals surface area contributed by atoms with Gasteiger partial charge in [-0.3, -0.25) is 4.79 Å². The molecule has 0 bridgehead atoms. The second-order valence-electron chi connectivity index (χ2n) is 9.42. The minimum atomic E-state index is -4.40. The van der Waals surface area contributed by atoms with E-state index < -0.39 is 17.7 Å². The van der Waals surface area contributed by atoms with E-state index in [0.29, 0.717) is 34.7 Å². The molecule has 2 aromatic carbocycles.